The van der Waals surface area contributed by atoms with Gasteiger partial charge in [-0.25, -0.2) is 19.3 Å². The van der Waals surface area contributed by atoms with E-state index in [0.717, 1.165) is 11.1 Å². The number of nitrogens with one attached hydrogen (secondary N) is 1. The molecule has 0 spiro atoms. The first-order valence-electron chi connectivity index (χ1n) is 11.2. The smallest absolute Gasteiger partial charge is 0.150 e. The van der Waals surface area contributed by atoms with Crippen molar-refractivity contribution in [3.8, 4) is 28.6 Å². The summed E-state index contributed by atoms with van der Waals surface area (Å²) in [4.78, 5) is 22.3. The zero-order valence-electron chi connectivity index (χ0n) is 19.6. The lowest BCUT2D eigenvalue weighted by molar-refractivity contribution is 0.629. The highest BCUT2D eigenvalue weighted by Crippen LogP contribution is 2.41. The third kappa shape index (κ3) is 4.05. The number of aromatic nitrogens is 5. The fraction of sp³-hybridized carbons (Fsp3) is 0.111. The number of pyridine rings is 3. The van der Waals surface area contributed by atoms with Crippen molar-refractivity contribution >= 4 is 22.5 Å². The molecule has 1 atom stereocenters. The van der Waals surface area contributed by atoms with Crippen LogP contribution in [-0.4, -0.2) is 24.9 Å². The summed E-state index contributed by atoms with van der Waals surface area (Å²) in [5.41, 5.74) is 11.0. The van der Waals surface area contributed by atoms with E-state index in [0.29, 0.717) is 39.4 Å². The maximum atomic E-state index is 14.5. The molecule has 0 fully saturated rings. The molecule has 5 aromatic rings. The summed E-state index contributed by atoms with van der Waals surface area (Å²) < 4.78 is 14.5. The Hall–Kier alpha value is -4.97. The molecule has 0 unspecified atom stereocenters. The van der Waals surface area contributed by atoms with E-state index < -0.39 is 6.04 Å². The van der Waals surface area contributed by atoms with Crippen LogP contribution in [0.1, 0.15) is 29.8 Å². The molecule has 0 bridgehead atoms. The lowest BCUT2D eigenvalue weighted by atomic mass is 9.91. The van der Waals surface area contributed by atoms with E-state index in [2.05, 4.69) is 31.3 Å². The first-order chi connectivity index (χ1) is 17.5. The van der Waals surface area contributed by atoms with Crippen molar-refractivity contribution in [3.05, 3.63) is 89.9 Å². The van der Waals surface area contributed by atoms with Crippen molar-refractivity contribution in [1.29, 1.82) is 5.26 Å². The van der Waals surface area contributed by atoms with E-state index in [1.807, 2.05) is 44.2 Å². The van der Waals surface area contributed by atoms with Gasteiger partial charge in [-0.15, -0.1) is 0 Å². The Kier molecular flexibility index (Phi) is 5.92. The molecule has 0 saturated heterocycles. The number of rotatable bonds is 5. The Bertz CT molecular complexity index is 1630. The molecule has 4 aromatic heterocycles. The van der Waals surface area contributed by atoms with Crippen LogP contribution in [0.3, 0.4) is 0 Å². The summed E-state index contributed by atoms with van der Waals surface area (Å²) in [5, 5.41) is 13.5. The van der Waals surface area contributed by atoms with Gasteiger partial charge in [0.25, 0.3) is 0 Å². The second-order valence-electron chi connectivity index (χ2n) is 8.25. The average molecular weight is 477 g/mol. The van der Waals surface area contributed by atoms with Gasteiger partial charge < -0.3 is 11.1 Å². The topological polar surface area (TPSA) is 126 Å². The Labute approximate surface area is 206 Å². The van der Waals surface area contributed by atoms with E-state index in [-0.39, 0.29) is 17.2 Å². The molecule has 0 amide bonds. The maximum absolute atomic E-state index is 14.5. The second kappa shape index (κ2) is 9.35. The van der Waals surface area contributed by atoms with Crippen LogP contribution in [0.25, 0.3) is 33.4 Å². The minimum atomic E-state index is -0.444. The predicted molar refractivity (Wildman–Crippen MR) is 136 cm³/mol. The zero-order valence-corrected chi connectivity index (χ0v) is 19.6. The fourth-order valence-electron chi connectivity index (χ4n) is 4.22. The molecular formula is C27H21FN8. The number of halogens is 1. The number of hydrogen-bond donors (Lipinski definition) is 2. The first kappa shape index (κ1) is 22.8. The molecule has 0 radical (unpaired) electrons. The van der Waals surface area contributed by atoms with Crippen LogP contribution in [0.15, 0.2) is 67.3 Å². The van der Waals surface area contributed by atoms with Gasteiger partial charge in [0.1, 0.15) is 35.4 Å². The first-order valence-corrected chi connectivity index (χ1v) is 11.2. The standard InChI is InChI=1S/C27H21FN8/c1-15-6-5-11-32-24(15)22-18-12-17(28)8-9-20(18)36-25(23(22)21-7-3-4-10-31-21)16(2)35-27-19(13-29)26(30)33-14-34-27/h3-12,14,16H,1-2H3,(H3,30,33,34,35)/t16-/m1/s1. The molecule has 176 valence electrons. The number of anilines is 2. The number of nitriles is 1. The number of benzene rings is 1. The van der Waals surface area contributed by atoms with E-state index in [1.54, 1.807) is 18.5 Å². The van der Waals surface area contributed by atoms with Gasteiger partial charge in [0.15, 0.2) is 0 Å². The van der Waals surface area contributed by atoms with Gasteiger partial charge in [0.2, 0.25) is 0 Å². The highest BCUT2D eigenvalue weighted by atomic mass is 19.1. The molecule has 0 aliphatic rings. The van der Waals surface area contributed by atoms with Gasteiger partial charge in [-0.2, -0.15) is 5.26 Å². The number of nitrogen functional groups attached to an aromatic ring is 1. The van der Waals surface area contributed by atoms with Crippen molar-refractivity contribution in [1.82, 2.24) is 24.9 Å². The number of nitrogens with two attached hydrogens (primary N) is 1. The van der Waals surface area contributed by atoms with Gasteiger partial charge in [0, 0.05) is 28.9 Å². The zero-order chi connectivity index (χ0) is 25.2. The van der Waals surface area contributed by atoms with Crippen LogP contribution < -0.4 is 11.1 Å². The van der Waals surface area contributed by atoms with Gasteiger partial charge in [-0.1, -0.05) is 12.1 Å². The molecular weight excluding hydrogens is 455 g/mol. The molecule has 36 heavy (non-hydrogen) atoms. The quantitative estimate of drug-likeness (QED) is 0.353. The van der Waals surface area contributed by atoms with E-state index in [1.165, 1.54) is 18.5 Å². The van der Waals surface area contributed by atoms with Crippen LogP contribution in [0.2, 0.25) is 0 Å². The number of nitrogens with zero attached hydrogens (tertiary/aromatic N) is 6. The normalized spacial score (nSPS) is 11.7. The molecule has 1 aromatic carbocycles. The molecule has 0 aliphatic heterocycles. The molecule has 5 rings (SSSR count). The largest absolute Gasteiger partial charge is 0.382 e. The number of hydrogen-bond acceptors (Lipinski definition) is 8. The van der Waals surface area contributed by atoms with Crippen molar-refractivity contribution < 1.29 is 4.39 Å². The van der Waals surface area contributed by atoms with Gasteiger partial charge in [-0.3, -0.25) is 9.97 Å². The average Bonchev–Trinajstić information content (AvgIpc) is 2.89. The minimum Gasteiger partial charge on any atom is -0.382 e. The number of fused-ring (bicyclic) bond motifs is 1. The van der Waals surface area contributed by atoms with Crippen LogP contribution in [0, 0.1) is 24.1 Å². The lowest BCUT2D eigenvalue weighted by Crippen LogP contribution is -2.15. The van der Waals surface area contributed by atoms with E-state index >= 15 is 0 Å². The van der Waals surface area contributed by atoms with Crippen LogP contribution >= 0.6 is 0 Å². The van der Waals surface area contributed by atoms with Crippen LogP contribution in [0.4, 0.5) is 16.0 Å². The summed E-state index contributed by atoms with van der Waals surface area (Å²) in [6.07, 6.45) is 4.70. The highest BCUT2D eigenvalue weighted by Gasteiger charge is 2.25. The van der Waals surface area contributed by atoms with E-state index in [4.69, 9.17) is 10.7 Å². The van der Waals surface area contributed by atoms with Crippen molar-refractivity contribution in [2.45, 2.75) is 19.9 Å². The third-order valence-corrected chi connectivity index (χ3v) is 5.89. The fourth-order valence-corrected chi connectivity index (χ4v) is 4.22. The number of aryl methyl sites for hydroxylation is 1. The Morgan fingerprint density at radius 1 is 1.00 bits per heavy atom. The summed E-state index contributed by atoms with van der Waals surface area (Å²) >= 11 is 0. The third-order valence-electron chi connectivity index (χ3n) is 5.89. The molecule has 4 heterocycles. The second-order valence-corrected chi connectivity index (χ2v) is 8.25. The molecule has 9 heteroatoms. The summed E-state index contributed by atoms with van der Waals surface area (Å²) in [6.45, 7) is 3.86. The van der Waals surface area contributed by atoms with Crippen LogP contribution in [0.5, 0.6) is 0 Å². The Morgan fingerprint density at radius 2 is 1.83 bits per heavy atom. The van der Waals surface area contributed by atoms with Crippen molar-refractivity contribution in [2.75, 3.05) is 11.1 Å². The molecule has 3 N–H and O–H groups in total. The molecule has 8 nitrogen and oxygen atoms in total. The highest BCUT2D eigenvalue weighted by molar-refractivity contribution is 6.02. The van der Waals surface area contributed by atoms with Gasteiger partial charge in [-0.05, 0) is 55.8 Å². The van der Waals surface area contributed by atoms with Gasteiger partial charge in [0.05, 0.1) is 28.6 Å². The summed E-state index contributed by atoms with van der Waals surface area (Å²) in [7, 11) is 0. The predicted octanol–water partition coefficient (Wildman–Crippen LogP) is 5.22. The minimum absolute atomic E-state index is 0.0823. The van der Waals surface area contributed by atoms with Crippen molar-refractivity contribution in [3.63, 3.8) is 0 Å². The maximum Gasteiger partial charge on any atom is 0.150 e. The van der Waals surface area contributed by atoms with Crippen molar-refractivity contribution in [2.24, 2.45) is 0 Å². The summed E-state index contributed by atoms with van der Waals surface area (Å²) in [5.74, 6) is 0.0000802. The Balaban J connectivity index is 1.83. The Morgan fingerprint density at radius 3 is 2.58 bits per heavy atom. The SMILES string of the molecule is Cc1cccnc1-c1c(-c2ccccn2)c([C@@H](C)Nc2ncnc(N)c2C#N)nc2ccc(F)cc12. The van der Waals surface area contributed by atoms with E-state index in [9.17, 15) is 9.65 Å². The molecule has 0 aliphatic carbocycles. The molecule has 0 saturated carbocycles. The summed E-state index contributed by atoms with van der Waals surface area (Å²) in [6, 6.07) is 15.5. The van der Waals surface area contributed by atoms with Gasteiger partial charge >= 0.3 is 0 Å². The van der Waals surface area contributed by atoms with Crippen LogP contribution in [-0.2, 0) is 0 Å². The lowest BCUT2D eigenvalue weighted by Gasteiger charge is -2.22. The monoisotopic (exact) mass is 476 g/mol.